The maximum atomic E-state index is 12.2. The van der Waals surface area contributed by atoms with Gasteiger partial charge in [-0.25, -0.2) is 0 Å². The van der Waals surface area contributed by atoms with Gasteiger partial charge in [-0.15, -0.1) is 0 Å². The maximum absolute atomic E-state index is 12.2. The zero-order valence-electron chi connectivity index (χ0n) is 34.1. The molecule has 0 aliphatic heterocycles. The van der Waals surface area contributed by atoms with E-state index in [1.807, 2.05) is 0 Å². The summed E-state index contributed by atoms with van der Waals surface area (Å²) in [6, 6.07) is 73.6. The molecule has 0 radical (unpaired) electrons. The molecule has 0 aromatic heterocycles. The molecule has 0 spiro atoms. The topological polar surface area (TPSA) is 54.4 Å². The summed E-state index contributed by atoms with van der Waals surface area (Å²) in [5.74, 6) is -14.7. The first kappa shape index (κ1) is 46.0. The Hall–Kier alpha value is -6.53. The lowest BCUT2D eigenvalue weighted by Crippen LogP contribution is -2.63. The average molecular weight is 941 g/mol. The molecule has 14 heteroatoms. The zero-order chi connectivity index (χ0) is 47.1. The van der Waals surface area contributed by atoms with Crippen LogP contribution in [0.1, 0.15) is 0 Å². The molecule has 1 N–H and O–H groups in total. The summed E-state index contributed by atoms with van der Waals surface area (Å²) >= 11 is 0. The molecule has 9 rings (SSSR count). The summed E-state index contributed by atoms with van der Waals surface area (Å²) in [6.07, 6.45) is -7.13. The van der Waals surface area contributed by atoms with E-state index in [2.05, 4.69) is 200 Å². The van der Waals surface area contributed by atoms with E-state index in [1.54, 1.807) is 0 Å². The minimum absolute atomic E-state index is 0.794. The molecule has 9 aromatic carbocycles. The van der Waals surface area contributed by atoms with Crippen LogP contribution in [0.2, 0.25) is 0 Å². The summed E-state index contributed by atoms with van der Waals surface area (Å²) in [4.78, 5) is 0. The van der Waals surface area contributed by atoms with Crippen molar-refractivity contribution in [1.82, 2.24) is 0 Å². The number of rotatable bonds is 9. The van der Waals surface area contributed by atoms with Crippen LogP contribution >= 0.6 is 7.92 Å². The Kier molecular flexibility index (Phi) is 12.3. The van der Waals surface area contributed by atoms with E-state index >= 15 is 0 Å². The van der Waals surface area contributed by atoms with Crippen LogP contribution in [0.5, 0.6) is 0 Å². The van der Waals surface area contributed by atoms with Gasteiger partial charge in [-0.2, -0.15) is 47.9 Å². The van der Waals surface area contributed by atoms with E-state index in [0.29, 0.717) is 0 Å². The molecule has 0 amide bonds. The van der Waals surface area contributed by atoms with E-state index in [4.69, 9.17) is 4.55 Å². The van der Waals surface area contributed by atoms with Gasteiger partial charge in [0.15, 0.2) is 0 Å². The molecule has 0 unspecified atom stereocenters. The number of hydrogen-bond acceptors (Lipinski definition) is 2. The lowest BCUT2D eigenvalue weighted by Gasteiger charge is -2.31. The Morgan fingerprint density at radius 2 is 0.621 bits per heavy atom. The maximum Gasteiger partial charge on any atom is 0.460 e. The van der Waals surface area contributed by atoms with Crippen LogP contribution in [0.15, 0.2) is 200 Å². The van der Waals surface area contributed by atoms with Crippen molar-refractivity contribution in [3.63, 3.8) is 0 Å². The molecular weight excluding hydrogens is 907 g/mol. The smallest absolute Gasteiger partial charge is 0.281 e. The molecule has 334 valence electrons. The molecule has 0 saturated carbocycles. The third-order valence-corrected chi connectivity index (χ3v) is 14.5. The van der Waals surface area contributed by atoms with Crippen LogP contribution in [0, 0.1) is 0 Å². The van der Waals surface area contributed by atoms with Gasteiger partial charge in [-0.1, -0.05) is 200 Å². The Bertz CT molecular complexity index is 3000. The third-order valence-electron chi connectivity index (χ3n) is 11.1. The second kappa shape index (κ2) is 17.7. The minimum atomic E-state index is -7.37. The highest BCUT2D eigenvalue weighted by atomic mass is 32.2. The first-order valence-electron chi connectivity index (χ1n) is 20.0. The van der Waals surface area contributed by atoms with Crippen LogP contribution < -0.4 is 15.9 Å². The van der Waals surface area contributed by atoms with Crippen LogP contribution in [0.3, 0.4) is 0 Å². The SMILES string of the molecule is O=S(=O)(O)C(F)(F)C(F)(F)C(F)(F)C(F)(F)F.c1ccc2c(-c3ccc(P(c4ccc(-c5cccc6ccccc56)cc4)c4ccc(-c5cccc6ccccc56)cc4)cc3)cccc2c1. The molecule has 3 nitrogen and oxygen atoms in total. The first-order valence-corrected chi connectivity index (χ1v) is 22.8. The largest absolute Gasteiger partial charge is 0.460 e. The predicted molar refractivity (Wildman–Crippen MR) is 246 cm³/mol. The fraction of sp³-hybridized carbons (Fsp3) is 0.0769. The fourth-order valence-corrected chi connectivity index (χ4v) is 10.5. The molecular formula is C52H34F9O3PS. The number of alkyl halides is 9. The quantitative estimate of drug-likeness (QED) is 0.0891. The number of fused-ring (bicyclic) bond motifs is 3. The molecule has 9 aromatic rings. The van der Waals surface area contributed by atoms with Crippen LogP contribution in [0.4, 0.5) is 39.5 Å². The molecule has 0 aliphatic rings. The second-order valence-corrected chi connectivity index (χ2v) is 18.9. The molecule has 0 saturated heterocycles. The van der Waals surface area contributed by atoms with E-state index < -0.39 is 41.3 Å². The van der Waals surface area contributed by atoms with Crippen molar-refractivity contribution in [3.05, 3.63) is 200 Å². The number of benzene rings is 9. The standard InChI is InChI=1S/C48H33P.C4HF9O3S/c1-4-16-43-34(10-1)13-7-19-46(43)37-22-28-40(29-23-37)49(41-30-24-38(25-31-41)47-20-8-14-35-11-2-5-17-44(35)47)42-32-26-39(27-33-42)48-21-9-15-36-12-3-6-18-45(36)48;5-1(6,3(9,10)11)2(7,8)4(12,13)17(14,15)16/h1-33H;(H,14,15,16). The van der Waals surface area contributed by atoms with E-state index in [-0.39, 0.29) is 0 Å². The highest BCUT2D eigenvalue weighted by Gasteiger charge is 2.85. The lowest BCUT2D eigenvalue weighted by molar-refractivity contribution is -0.382. The van der Waals surface area contributed by atoms with Gasteiger partial charge in [0, 0.05) is 0 Å². The Labute approximate surface area is 374 Å². The van der Waals surface area contributed by atoms with Crippen molar-refractivity contribution in [2.24, 2.45) is 0 Å². The van der Waals surface area contributed by atoms with Crippen molar-refractivity contribution < 1.29 is 52.5 Å². The van der Waals surface area contributed by atoms with Gasteiger partial charge in [-0.3, -0.25) is 4.55 Å². The van der Waals surface area contributed by atoms with E-state index in [0.717, 1.165) is 0 Å². The minimum Gasteiger partial charge on any atom is -0.281 e. The molecule has 0 heterocycles. The number of halogens is 9. The summed E-state index contributed by atoms with van der Waals surface area (Å²) in [5.41, 5.74) is 7.54. The van der Waals surface area contributed by atoms with Gasteiger partial charge in [0.25, 0.3) is 0 Å². The van der Waals surface area contributed by atoms with Crippen molar-refractivity contribution in [2.45, 2.75) is 23.3 Å². The van der Waals surface area contributed by atoms with Crippen molar-refractivity contribution in [2.75, 3.05) is 0 Å². The Morgan fingerprint density at radius 1 is 0.348 bits per heavy atom. The monoisotopic (exact) mass is 940 g/mol. The van der Waals surface area contributed by atoms with E-state index in [9.17, 15) is 47.9 Å². The number of hydrogen-bond donors (Lipinski definition) is 1. The highest BCUT2D eigenvalue weighted by molar-refractivity contribution is 7.87. The zero-order valence-corrected chi connectivity index (χ0v) is 35.8. The summed E-state index contributed by atoms with van der Waals surface area (Å²) < 4.78 is 134. The van der Waals surface area contributed by atoms with Crippen molar-refractivity contribution >= 4 is 66.3 Å². The third kappa shape index (κ3) is 8.54. The lowest BCUT2D eigenvalue weighted by atomic mass is 9.98. The van der Waals surface area contributed by atoms with Gasteiger partial charge in [-0.05, 0) is 89.5 Å². The van der Waals surface area contributed by atoms with Crippen molar-refractivity contribution in [3.8, 4) is 33.4 Å². The summed E-state index contributed by atoms with van der Waals surface area (Å²) in [7, 11) is -7.96. The van der Waals surface area contributed by atoms with Gasteiger partial charge in [0.2, 0.25) is 0 Å². The Balaban J connectivity index is 0.000000298. The van der Waals surface area contributed by atoms with Crippen LogP contribution in [-0.4, -0.2) is 36.2 Å². The summed E-state index contributed by atoms with van der Waals surface area (Å²) in [6.45, 7) is 0. The first-order chi connectivity index (χ1) is 31.3. The van der Waals surface area contributed by atoms with Gasteiger partial charge < -0.3 is 0 Å². The van der Waals surface area contributed by atoms with Gasteiger partial charge >= 0.3 is 33.4 Å². The van der Waals surface area contributed by atoms with Gasteiger partial charge in [0.05, 0.1) is 0 Å². The van der Waals surface area contributed by atoms with Crippen LogP contribution in [0.25, 0.3) is 65.7 Å². The Morgan fingerprint density at radius 3 is 0.894 bits per heavy atom. The molecule has 66 heavy (non-hydrogen) atoms. The van der Waals surface area contributed by atoms with E-state index in [1.165, 1.54) is 81.6 Å². The molecule has 0 fully saturated rings. The highest BCUT2D eigenvalue weighted by Crippen LogP contribution is 2.54. The normalized spacial score (nSPS) is 12.7. The molecule has 0 atom stereocenters. The second-order valence-electron chi connectivity index (χ2n) is 15.2. The average Bonchev–Trinajstić information content (AvgIpc) is 3.31. The molecule has 0 aliphatic carbocycles. The predicted octanol–water partition coefficient (Wildman–Crippen LogP) is 14.2. The van der Waals surface area contributed by atoms with Crippen LogP contribution in [-0.2, 0) is 10.1 Å². The fourth-order valence-electron chi connectivity index (χ4n) is 7.77. The summed E-state index contributed by atoms with van der Waals surface area (Å²) in [5, 5.41) is 4.68. The molecule has 0 bridgehead atoms. The van der Waals surface area contributed by atoms with Crippen molar-refractivity contribution in [1.29, 1.82) is 0 Å². The van der Waals surface area contributed by atoms with Gasteiger partial charge in [0.1, 0.15) is 0 Å².